The van der Waals surface area contributed by atoms with Crippen molar-refractivity contribution < 1.29 is 19.2 Å². The first kappa shape index (κ1) is 22.4. The van der Waals surface area contributed by atoms with Crippen molar-refractivity contribution in [3.63, 3.8) is 0 Å². The molecule has 4 N–H and O–H groups in total. The fraction of sp³-hybridized carbons (Fsp3) is 0.632. The highest BCUT2D eigenvalue weighted by atomic mass is 16.2. The van der Waals surface area contributed by atoms with Crippen LogP contribution in [0.1, 0.15) is 45.2 Å². The van der Waals surface area contributed by atoms with Crippen molar-refractivity contribution >= 4 is 23.6 Å². The summed E-state index contributed by atoms with van der Waals surface area (Å²) in [7, 11) is 1.80. The van der Waals surface area contributed by atoms with Gasteiger partial charge >= 0.3 is 0 Å². The predicted octanol–water partition coefficient (Wildman–Crippen LogP) is -0.771. The van der Waals surface area contributed by atoms with Crippen LogP contribution in [0.3, 0.4) is 0 Å². The summed E-state index contributed by atoms with van der Waals surface area (Å²) < 4.78 is 1.76. The molecule has 1 aromatic heterocycles. The number of amides is 4. The molecule has 2 saturated heterocycles. The van der Waals surface area contributed by atoms with Crippen molar-refractivity contribution in [3.05, 3.63) is 18.2 Å². The van der Waals surface area contributed by atoms with Gasteiger partial charge in [0.15, 0.2) is 0 Å². The maximum Gasteiger partial charge on any atom is 0.246 e. The molecule has 0 aliphatic carbocycles. The molecule has 160 valence electrons. The molecule has 2 fully saturated rings. The van der Waals surface area contributed by atoms with Gasteiger partial charge in [0.05, 0.1) is 6.33 Å². The third-order valence-corrected chi connectivity index (χ3v) is 5.12. The van der Waals surface area contributed by atoms with Crippen LogP contribution < -0.4 is 16.4 Å². The average molecular weight is 406 g/mol. The lowest BCUT2D eigenvalue weighted by atomic mass is 10.1. The number of aromatic nitrogens is 2. The zero-order valence-electron chi connectivity index (χ0n) is 17.2. The number of likely N-dealkylation sites (tertiary alicyclic amines) is 1. The van der Waals surface area contributed by atoms with Crippen molar-refractivity contribution in [3.8, 4) is 0 Å². The van der Waals surface area contributed by atoms with Crippen LogP contribution in [0.4, 0.5) is 0 Å². The Balaban J connectivity index is 0.00000145. The van der Waals surface area contributed by atoms with Gasteiger partial charge in [0.1, 0.15) is 18.1 Å². The second kappa shape index (κ2) is 10.0. The molecule has 0 spiro atoms. The minimum atomic E-state index is -0.870. The van der Waals surface area contributed by atoms with Gasteiger partial charge in [-0.25, -0.2) is 4.98 Å². The van der Waals surface area contributed by atoms with Crippen LogP contribution in [0.25, 0.3) is 0 Å². The van der Waals surface area contributed by atoms with Crippen LogP contribution in [0, 0.1) is 0 Å². The lowest BCUT2D eigenvalue weighted by Crippen LogP contribution is -2.56. The molecule has 29 heavy (non-hydrogen) atoms. The zero-order chi connectivity index (χ0) is 21.6. The monoisotopic (exact) mass is 406 g/mol. The molecule has 3 unspecified atom stereocenters. The summed E-state index contributed by atoms with van der Waals surface area (Å²) >= 11 is 0. The zero-order valence-corrected chi connectivity index (χ0v) is 17.2. The van der Waals surface area contributed by atoms with E-state index < -0.39 is 29.9 Å². The van der Waals surface area contributed by atoms with Crippen molar-refractivity contribution in [2.75, 3.05) is 6.54 Å². The first-order valence-electron chi connectivity index (χ1n) is 10.0. The Morgan fingerprint density at radius 2 is 2.07 bits per heavy atom. The summed E-state index contributed by atoms with van der Waals surface area (Å²) in [6.45, 7) is 4.42. The van der Waals surface area contributed by atoms with Gasteiger partial charge in [-0.05, 0) is 19.3 Å². The van der Waals surface area contributed by atoms with Crippen LogP contribution in [-0.2, 0) is 32.6 Å². The Labute approximate surface area is 170 Å². The Morgan fingerprint density at radius 1 is 1.34 bits per heavy atom. The Morgan fingerprint density at radius 3 is 2.62 bits per heavy atom. The van der Waals surface area contributed by atoms with Gasteiger partial charge in [-0.2, -0.15) is 0 Å². The lowest BCUT2D eigenvalue weighted by Gasteiger charge is -2.28. The molecule has 10 heteroatoms. The number of nitrogens with zero attached hydrogens (tertiary/aromatic N) is 3. The minimum absolute atomic E-state index is 0.182. The van der Waals surface area contributed by atoms with E-state index in [-0.39, 0.29) is 24.7 Å². The standard InChI is InChI=1S/C17H24N6O4.C2H6/c1-22-9-19-8-10(22)7-12(21-16(26)11-4-5-14(24)20-11)17(27)23-6-2-3-13(23)15(18)25;1-2/h8-9,11-13H,2-7H2,1H3,(H2,18,25)(H,20,24)(H,21,26);1-2H3. The molecule has 4 amide bonds. The first-order valence-corrected chi connectivity index (χ1v) is 10.0. The van der Waals surface area contributed by atoms with Gasteiger partial charge in [0.2, 0.25) is 23.6 Å². The van der Waals surface area contributed by atoms with Gasteiger partial charge in [0, 0.05) is 38.3 Å². The third kappa shape index (κ3) is 5.33. The molecular weight excluding hydrogens is 376 g/mol. The number of rotatable bonds is 6. The lowest BCUT2D eigenvalue weighted by molar-refractivity contribution is -0.140. The Bertz CT molecular complexity index is 762. The first-order chi connectivity index (χ1) is 13.9. The molecule has 0 bridgehead atoms. The van der Waals surface area contributed by atoms with Gasteiger partial charge in [0.25, 0.3) is 0 Å². The summed E-state index contributed by atoms with van der Waals surface area (Å²) in [6.07, 6.45) is 5.34. The normalized spacial score (nSPS) is 21.8. The van der Waals surface area contributed by atoms with Crippen molar-refractivity contribution in [2.24, 2.45) is 12.8 Å². The molecular formula is C19H30N6O4. The fourth-order valence-electron chi connectivity index (χ4n) is 3.60. The van der Waals surface area contributed by atoms with Crippen LogP contribution in [0.2, 0.25) is 0 Å². The topological polar surface area (TPSA) is 139 Å². The van der Waals surface area contributed by atoms with Crippen LogP contribution in [0.5, 0.6) is 0 Å². The number of nitrogens with two attached hydrogens (primary N) is 1. The number of imidazole rings is 1. The summed E-state index contributed by atoms with van der Waals surface area (Å²) in [6, 6.07) is -2.18. The van der Waals surface area contributed by atoms with E-state index in [1.165, 1.54) is 4.90 Å². The Hall–Kier alpha value is -2.91. The maximum absolute atomic E-state index is 13.1. The summed E-state index contributed by atoms with van der Waals surface area (Å²) in [5, 5.41) is 5.34. The molecule has 2 aliphatic heterocycles. The molecule has 3 atom stereocenters. The van der Waals surface area contributed by atoms with E-state index in [1.807, 2.05) is 13.8 Å². The van der Waals surface area contributed by atoms with E-state index in [1.54, 1.807) is 24.1 Å². The molecule has 2 aliphatic rings. The van der Waals surface area contributed by atoms with Crippen LogP contribution in [-0.4, -0.2) is 62.7 Å². The van der Waals surface area contributed by atoms with Crippen molar-refractivity contribution in [1.29, 1.82) is 0 Å². The SMILES string of the molecule is CC.Cn1cncc1CC(NC(=O)C1CCC(=O)N1)C(=O)N1CCCC1C(N)=O. The molecule has 3 rings (SSSR count). The number of carbonyl (C=O) groups is 4. The van der Waals surface area contributed by atoms with Gasteiger partial charge in [-0.15, -0.1) is 0 Å². The average Bonchev–Trinajstić information content (AvgIpc) is 3.44. The molecule has 10 nitrogen and oxygen atoms in total. The second-order valence-corrected chi connectivity index (χ2v) is 7.01. The van der Waals surface area contributed by atoms with Crippen LogP contribution >= 0.6 is 0 Å². The summed E-state index contributed by atoms with van der Waals surface area (Å²) in [5.41, 5.74) is 6.18. The van der Waals surface area contributed by atoms with E-state index >= 15 is 0 Å². The van der Waals surface area contributed by atoms with E-state index in [0.29, 0.717) is 25.8 Å². The maximum atomic E-state index is 13.1. The Kier molecular flexibility index (Phi) is 7.74. The number of hydrogen-bond acceptors (Lipinski definition) is 5. The van der Waals surface area contributed by atoms with Crippen molar-refractivity contribution in [2.45, 2.75) is 64.1 Å². The molecule has 0 aromatic carbocycles. The molecule has 0 saturated carbocycles. The fourth-order valence-corrected chi connectivity index (χ4v) is 3.60. The molecule has 0 radical (unpaired) electrons. The van der Waals surface area contributed by atoms with Crippen LogP contribution in [0.15, 0.2) is 12.5 Å². The molecule has 3 heterocycles. The van der Waals surface area contributed by atoms with Gasteiger partial charge in [-0.1, -0.05) is 13.8 Å². The smallest absolute Gasteiger partial charge is 0.246 e. The number of hydrogen-bond donors (Lipinski definition) is 3. The highest BCUT2D eigenvalue weighted by Gasteiger charge is 2.38. The third-order valence-electron chi connectivity index (χ3n) is 5.12. The van der Waals surface area contributed by atoms with E-state index in [0.717, 1.165) is 5.69 Å². The largest absolute Gasteiger partial charge is 0.368 e. The van der Waals surface area contributed by atoms with E-state index in [9.17, 15) is 19.2 Å². The summed E-state index contributed by atoms with van der Waals surface area (Å²) in [4.78, 5) is 54.1. The quantitative estimate of drug-likeness (QED) is 0.569. The number of primary amides is 1. The highest BCUT2D eigenvalue weighted by molar-refractivity contribution is 5.95. The van der Waals surface area contributed by atoms with Crippen molar-refractivity contribution in [1.82, 2.24) is 25.1 Å². The molecule has 1 aromatic rings. The van der Waals surface area contributed by atoms with Gasteiger partial charge in [-0.3, -0.25) is 19.2 Å². The number of nitrogens with one attached hydrogen (secondary N) is 2. The predicted molar refractivity (Wildman–Crippen MR) is 105 cm³/mol. The highest BCUT2D eigenvalue weighted by Crippen LogP contribution is 2.19. The minimum Gasteiger partial charge on any atom is -0.368 e. The number of aryl methyl sites for hydroxylation is 1. The van der Waals surface area contributed by atoms with E-state index in [2.05, 4.69) is 15.6 Å². The summed E-state index contributed by atoms with van der Waals surface area (Å²) in [5.74, 6) is -1.49. The number of carbonyl (C=O) groups excluding carboxylic acids is 4. The second-order valence-electron chi connectivity index (χ2n) is 7.01. The van der Waals surface area contributed by atoms with E-state index in [4.69, 9.17) is 5.73 Å². The van der Waals surface area contributed by atoms with Gasteiger partial charge < -0.3 is 25.8 Å².